The van der Waals surface area contributed by atoms with Crippen molar-refractivity contribution in [2.45, 2.75) is 6.42 Å². The Kier molecular flexibility index (Phi) is 4.57. The molecule has 0 aliphatic carbocycles. The Morgan fingerprint density at radius 1 is 0.833 bits per heavy atom. The number of rotatable bonds is 5. The molecule has 91 valence electrons. The summed E-state index contributed by atoms with van der Waals surface area (Å²) in [5.41, 5.74) is 0. The zero-order valence-electron chi connectivity index (χ0n) is 10.4. The summed E-state index contributed by atoms with van der Waals surface area (Å²) in [7, 11) is 4.88. The predicted molar refractivity (Wildman–Crippen MR) is 81.4 cm³/mol. The lowest BCUT2D eigenvalue weighted by Gasteiger charge is -2.36. The molecule has 0 aliphatic heterocycles. The van der Waals surface area contributed by atoms with Crippen molar-refractivity contribution in [2.24, 2.45) is 0 Å². The van der Waals surface area contributed by atoms with Crippen LogP contribution in [0, 0.1) is 0 Å². The summed E-state index contributed by atoms with van der Waals surface area (Å²) < 4.78 is 0. The normalized spacial score (nSPS) is 11.4. The monoisotopic (exact) mass is 255 g/mol. The van der Waals surface area contributed by atoms with E-state index in [4.69, 9.17) is 12.7 Å². The molecule has 0 unspecified atom stereocenters. The maximum Gasteiger partial charge on any atom is 0.0466 e. The molecule has 0 saturated heterocycles. The molecule has 2 aromatic rings. The molecule has 1 N–H and O–H groups in total. The Morgan fingerprint density at radius 3 is 1.67 bits per heavy atom. The third-order valence-corrected chi connectivity index (χ3v) is 6.56. The van der Waals surface area contributed by atoms with E-state index in [0.29, 0.717) is 0 Å². The van der Waals surface area contributed by atoms with Crippen molar-refractivity contribution in [3.63, 3.8) is 0 Å². The van der Waals surface area contributed by atoms with Crippen LogP contribution in [0.15, 0.2) is 60.7 Å². The maximum atomic E-state index is 9.09. The fourth-order valence-electron chi connectivity index (χ4n) is 2.12. The Labute approximate surface area is 111 Å². The number of hydrogen-bond donors (Lipinski definition) is 1. The van der Waals surface area contributed by atoms with Crippen LogP contribution in [0.5, 0.6) is 0 Å². The van der Waals surface area contributed by atoms with Gasteiger partial charge in [0.1, 0.15) is 0 Å². The molecule has 0 fully saturated rings. The first-order valence-electron chi connectivity index (χ1n) is 6.16. The lowest BCUT2D eigenvalue weighted by molar-refractivity contribution is 0.296. The van der Waals surface area contributed by atoms with E-state index < -0.39 is 7.14 Å². The fraction of sp³-hybridized carbons (Fsp3) is 0.200. The molecule has 18 heavy (non-hydrogen) atoms. The summed E-state index contributed by atoms with van der Waals surface area (Å²) in [6.45, 7) is 0.193. The molecular weight excluding hydrogens is 238 g/mol. The Balaban J connectivity index is 2.41. The van der Waals surface area contributed by atoms with Gasteiger partial charge in [-0.3, -0.25) is 7.57 Å². The molecule has 0 heterocycles. The first-order valence-corrected chi connectivity index (χ1v) is 8.20. The highest BCUT2D eigenvalue weighted by atomic mass is 31.2. The molecule has 0 saturated carbocycles. The summed E-state index contributed by atoms with van der Waals surface area (Å²) in [6.07, 6.45) is 1.59. The molecule has 1 nitrogen and oxygen atoms in total. The average Bonchev–Trinajstić information content (AvgIpc) is 2.46. The SMILES string of the molecule is [B-][P+](CCCO)(c1ccccc1)c1ccccc1. The zero-order valence-corrected chi connectivity index (χ0v) is 11.3. The molecule has 0 amide bonds. The quantitative estimate of drug-likeness (QED) is 0.641. The number of benzene rings is 2. The highest BCUT2D eigenvalue weighted by Gasteiger charge is 2.23. The van der Waals surface area contributed by atoms with Crippen LogP contribution in [0.2, 0.25) is 0 Å². The van der Waals surface area contributed by atoms with Gasteiger partial charge in [0.2, 0.25) is 0 Å². The first kappa shape index (κ1) is 13.3. The molecule has 3 radical (unpaired) electrons. The molecule has 0 spiro atoms. The molecule has 3 heteroatoms. The average molecular weight is 255 g/mol. The van der Waals surface area contributed by atoms with E-state index in [0.717, 1.165) is 12.6 Å². The van der Waals surface area contributed by atoms with Gasteiger partial charge < -0.3 is 5.11 Å². The van der Waals surface area contributed by atoms with Gasteiger partial charge in [-0.2, -0.15) is 7.14 Å². The second-order valence-corrected chi connectivity index (χ2v) is 7.56. The molecule has 2 rings (SSSR count). The van der Waals surface area contributed by atoms with Crippen LogP contribution in [0.1, 0.15) is 6.42 Å². The summed E-state index contributed by atoms with van der Waals surface area (Å²) in [5, 5.41) is 11.5. The van der Waals surface area contributed by atoms with E-state index in [1.165, 1.54) is 10.6 Å². The van der Waals surface area contributed by atoms with Gasteiger partial charge in [0.15, 0.2) is 0 Å². The van der Waals surface area contributed by atoms with E-state index in [1.54, 1.807) is 0 Å². The van der Waals surface area contributed by atoms with E-state index >= 15 is 0 Å². The van der Waals surface area contributed by atoms with Gasteiger partial charge in [0.05, 0.1) is 0 Å². The summed E-state index contributed by atoms with van der Waals surface area (Å²) in [4.78, 5) is 0. The van der Waals surface area contributed by atoms with Gasteiger partial charge >= 0.3 is 0 Å². The Hall–Kier alpha value is -1.11. The molecule has 0 aromatic heterocycles. The first-order chi connectivity index (χ1) is 8.77. The number of hydrogen-bond acceptors (Lipinski definition) is 1. The third kappa shape index (κ3) is 2.83. The van der Waals surface area contributed by atoms with Crippen LogP contribution in [-0.2, 0) is 0 Å². The minimum Gasteiger partial charge on any atom is -0.396 e. The maximum absolute atomic E-state index is 9.09. The third-order valence-electron chi connectivity index (χ3n) is 3.10. The van der Waals surface area contributed by atoms with Crippen LogP contribution in [-0.4, -0.2) is 25.4 Å². The largest absolute Gasteiger partial charge is 0.396 e. The molecule has 0 bridgehead atoms. The lowest BCUT2D eigenvalue weighted by Crippen LogP contribution is -2.25. The van der Waals surface area contributed by atoms with Crippen molar-refractivity contribution in [2.75, 3.05) is 12.8 Å². The Morgan fingerprint density at radius 2 is 1.28 bits per heavy atom. The van der Waals surface area contributed by atoms with Gasteiger partial charge in [-0.05, 0) is 24.3 Å². The van der Waals surface area contributed by atoms with Crippen molar-refractivity contribution in [1.82, 2.24) is 0 Å². The van der Waals surface area contributed by atoms with Crippen molar-refractivity contribution < 1.29 is 5.11 Å². The highest BCUT2D eigenvalue weighted by molar-refractivity contribution is 8.08. The zero-order chi connectivity index (χ0) is 12.8. The fourth-order valence-corrected chi connectivity index (χ4v) is 4.98. The van der Waals surface area contributed by atoms with E-state index in [9.17, 15) is 0 Å². The van der Waals surface area contributed by atoms with E-state index in [1.807, 2.05) is 36.4 Å². The van der Waals surface area contributed by atoms with Crippen molar-refractivity contribution >= 4 is 25.3 Å². The van der Waals surface area contributed by atoms with Gasteiger partial charge in [-0.1, -0.05) is 36.4 Å². The summed E-state index contributed by atoms with van der Waals surface area (Å²) in [6, 6.07) is 20.5. The van der Waals surface area contributed by atoms with Gasteiger partial charge in [-0.25, -0.2) is 0 Å². The van der Waals surface area contributed by atoms with Gasteiger partial charge in [-0.15, -0.1) is 0 Å². The topological polar surface area (TPSA) is 20.2 Å². The minimum absolute atomic E-state index is 0.193. The smallest absolute Gasteiger partial charge is 0.0466 e. The van der Waals surface area contributed by atoms with Crippen LogP contribution in [0.3, 0.4) is 0 Å². The second-order valence-electron chi connectivity index (χ2n) is 4.34. The van der Waals surface area contributed by atoms with E-state index in [2.05, 4.69) is 24.3 Å². The molecule has 0 atom stereocenters. The van der Waals surface area contributed by atoms with Gasteiger partial charge in [0.25, 0.3) is 0 Å². The minimum atomic E-state index is -1.85. The van der Waals surface area contributed by atoms with Crippen LogP contribution in [0.25, 0.3) is 0 Å². The number of aliphatic hydroxyl groups is 1. The predicted octanol–water partition coefficient (Wildman–Crippen LogP) is 2.12. The van der Waals surface area contributed by atoms with Crippen LogP contribution in [0.4, 0.5) is 0 Å². The van der Waals surface area contributed by atoms with Crippen LogP contribution < -0.4 is 10.6 Å². The lowest BCUT2D eigenvalue weighted by atomic mass is 10.4. The second kappa shape index (κ2) is 6.18. The van der Waals surface area contributed by atoms with Crippen LogP contribution >= 0.6 is 7.14 Å². The molecular formula is C15H17BOP. The molecule has 2 aromatic carbocycles. The standard InChI is InChI=1S/C15H17BOP/c16-18(13-7-12-17,14-8-3-1-4-9-14)15-10-5-2-6-11-15/h1-6,8-11,17H,7,12-13H2. The number of aliphatic hydroxyl groups excluding tert-OH is 1. The van der Waals surface area contributed by atoms with Gasteiger partial charge in [0, 0.05) is 29.8 Å². The summed E-state index contributed by atoms with van der Waals surface area (Å²) in [5.74, 6) is 0. The van der Waals surface area contributed by atoms with Crippen molar-refractivity contribution in [3.8, 4) is 0 Å². The highest BCUT2D eigenvalue weighted by Crippen LogP contribution is 2.51. The molecule has 0 aliphatic rings. The van der Waals surface area contributed by atoms with E-state index in [-0.39, 0.29) is 6.61 Å². The summed E-state index contributed by atoms with van der Waals surface area (Å²) >= 11 is 0. The van der Waals surface area contributed by atoms with Crippen molar-refractivity contribution in [1.29, 1.82) is 0 Å². The Bertz CT molecular complexity index is 433. The van der Waals surface area contributed by atoms with Crippen molar-refractivity contribution in [3.05, 3.63) is 60.7 Å².